The number of furan rings is 1. The van der Waals surface area contributed by atoms with Crippen LogP contribution in [0.1, 0.15) is 10.5 Å². The van der Waals surface area contributed by atoms with E-state index in [1.165, 1.54) is 34.1 Å². The molecule has 1 amide bonds. The molecule has 12 heteroatoms. The maximum absolute atomic E-state index is 13.3. The average Bonchev–Trinajstić information content (AvgIpc) is 3.26. The Bertz CT molecular complexity index is 706. The van der Waals surface area contributed by atoms with Crippen LogP contribution in [0.25, 0.3) is 10.6 Å². The van der Waals surface area contributed by atoms with Crippen LogP contribution in [0.15, 0.2) is 28.4 Å². The van der Waals surface area contributed by atoms with E-state index in [-0.39, 0.29) is 30.5 Å². The molecule has 152 valence electrons. The van der Waals surface area contributed by atoms with Gasteiger partial charge < -0.3 is 15.1 Å². The lowest BCUT2D eigenvalue weighted by atomic mass is 10.2. The topological polar surface area (TPSA) is 70.4 Å². The van der Waals surface area contributed by atoms with Crippen LogP contribution in [0.2, 0.25) is 0 Å². The molecule has 2 N–H and O–H groups in total. The normalized spacial score (nSPS) is 16.1. The fourth-order valence-corrected chi connectivity index (χ4v) is 3.41. The van der Waals surface area contributed by atoms with E-state index in [9.17, 15) is 18.0 Å². The molecule has 0 bridgehead atoms. The van der Waals surface area contributed by atoms with Crippen LogP contribution in [0.5, 0.6) is 0 Å². The predicted molar refractivity (Wildman–Crippen MR) is 101 cm³/mol. The third kappa shape index (κ3) is 6.08. The van der Waals surface area contributed by atoms with Crippen LogP contribution >= 0.6 is 36.2 Å². The van der Waals surface area contributed by atoms with Gasteiger partial charge in [0.15, 0.2) is 0 Å². The number of carbonyl (C=O) groups excluding carboxylic acids is 1. The van der Waals surface area contributed by atoms with Crippen molar-refractivity contribution in [3.8, 4) is 10.6 Å². The lowest BCUT2D eigenvalue weighted by molar-refractivity contribution is -0.183. The van der Waals surface area contributed by atoms with E-state index in [4.69, 9.17) is 4.42 Å². The first-order chi connectivity index (χ1) is 11.9. The van der Waals surface area contributed by atoms with Crippen LogP contribution in [0.3, 0.4) is 0 Å². The molecule has 1 aliphatic heterocycles. The third-order valence-corrected chi connectivity index (χ3v) is 4.82. The fraction of sp³-hybridized carbons (Fsp3) is 0.467. The summed E-state index contributed by atoms with van der Waals surface area (Å²) in [5.41, 5.74) is 0.820. The molecule has 0 aromatic carbocycles. The molecule has 1 aliphatic rings. The van der Waals surface area contributed by atoms with Gasteiger partial charge >= 0.3 is 6.18 Å². The van der Waals surface area contributed by atoms with Crippen LogP contribution in [0.4, 0.5) is 13.2 Å². The third-order valence-electron chi connectivity index (χ3n) is 3.93. The summed E-state index contributed by atoms with van der Waals surface area (Å²) >= 11 is 1.23. The Morgan fingerprint density at radius 1 is 1.37 bits per heavy atom. The molecule has 3 heterocycles. The van der Waals surface area contributed by atoms with Crippen molar-refractivity contribution in [1.29, 1.82) is 0 Å². The van der Waals surface area contributed by atoms with E-state index in [1.807, 2.05) is 0 Å². The minimum absolute atomic E-state index is 0. The van der Waals surface area contributed by atoms with E-state index < -0.39 is 24.7 Å². The number of nitrogens with zero attached hydrogens (tertiary/aromatic N) is 2. The Labute approximate surface area is 170 Å². The Hall–Kier alpha value is -1.33. The van der Waals surface area contributed by atoms with Gasteiger partial charge in [-0.1, -0.05) is 0 Å². The summed E-state index contributed by atoms with van der Waals surface area (Å²) in [4.78, 5) is 17.6. The molecule has 27 heavy (non-hydrogen) atoms. The first kappa shape index (κ1) is 23.7. The van der Waals surface area contributed by atoms with E-state index in [0.717, 1.165) is 5.56 Å². The first-order valence-corrected chi connectivity index (χ1v) is 8.61. The van der Waals surface area contributed by atoms with Crippen LogP contribution in [-0.2, 0) is 0 Å². The number of rotatable bonds is 5. The van der Waals surface area contributed by atoms with Gasteiger partial charge in [-0.15, -0.1) is 36.2 Å². The van der Waals surface area contributed by atoms with Crippen molar-refractivity contribution in [1.82, 2.24) is 20.5 Å². The van der Waals surface area contributed by atoms with Crippen LogP contribution < -0.4 is 10.6 Å². The number of hydrogen-bond acceptors (Lipinski definition) is 6. The van der Waals surface area contributed by atoms with Crippen LogP contribution in [0, 0.1) is 0 Å². The largest absolute Gasteiger partial charge is 0.472 e. The number of amides is 1. The molecule has 0 saturated carbocycles. The Kier molecular flexibility index (Phi) is 9.03. The number of carbonyl (C=O) groups is 1. The molecule has 1 fully saturated rings. The number of hydrogen-bond donors (Lipinski definition) is 2. The molecular weight excluding hydrogens is 428 g/mol. The second kappa shape index (κ2) is 10.3. The highest BCUT2D eigenvalue weighted by molar-refractivity contribution is 7.13. The summed E-state index contributed by atoms with van der Waals surface area (Å²) in [5, 5.41) is 7.47. The zero-order valence-corrected chi connectivity index (χ0v) is 16.4. The SMILES string of the molecule is Cl.Cl.O=C(NCC(N1CCNCC1)C(F)(F)F)c1csc(-c2ccoc2)n1. The van der Waals surface area contributed by atoms with Crippen LogP contribution in [-0.4, -0.2) is 60.7 Å². The van der Waals surface area contributed by atoms with Gasteiger partial charge in [0.05, 0.1) is 6.26 Å². The second-order valence-electron chi connectivity index (χ2n) is 5.60. The zero-order chi connectivity index (χ0) is 17.9. The molecule has 2 aromatic heterocycles. The summed E-state index contributed by atoms with van der Waals surface area (Å²) in [7, 11) is 0. The number of alkyl halides is 3. The lowest BCUT2D eigenvalue weighted by Gasteiger charge is -2.35. The lowest BCUT2D eigenvalue weighted by Crippen LogP contribution is -2.57. The van der Waals surface area contributed by atoms with E-state index in [2.05, 4.69) is 15.6 Å². The van der Waals surface area contributed by atoms with Crippen molar-refractivity contribution >= 4 is 42.1 Å². The van der Waals surface area contributed by atoms with E-state index >= 15 is 0 Å². The maximum atomic E-state index is 13.3. The van der Waals surface area contributed by atoms with Crippen molar-refractivity contribution in [2.24, 2.45) is 0 Å². The van der Waals surface area contributed by atoms with E-state index in [1.54, 1.807) is 6.07 Å². The van der Waals surface area contributed by atoms with Crippen molar-refractivity contribution in [2.75, 3.05) is 32.7 Å². The number of aromatic nitrogens is 1. The number of piperazine rings is 1. The van der Waals surface area contributed by atoms with Gasteiger partial charge in [-0.25, -0.2) is 4.98 Å². The number of thiazole rings is 1. The van der Waals surface area contributed by atoms with Crippen molar-refractivity contribution < 1.29 is 22.4 Å². The molecule has 0 radical (unpaired) electrons. The monoisotopic (exact) mass is 446 g/mol. The van der Waals surface area contributed by atoms with Crippen molar-refractivity contribution in [3.63, 3.8) is 0 Å². The predicted octanol–water partition coefficient (Wildman–Crippen LogP) is 2.81. The Balaban J connectivity index is 0.00000182. The summed E-state index contributed by atoms with van der Waals surface area (Å²) < 4.78 is 44.9. The molecule has 1 unspecified atom stereocenters. The van der Waals surface area contributed by atoms with Gasteiger partial charge in [0, 0.05) is 43.7 Å². The highest BCUT2D eigenvalue weighted by Gasteiger charge is 2.43. The highest BCUT2D eigenvalue weighted by atomic mass is 35.5. The molecule has 2 aromatic rings. The molecule has 6 nitrogen and oxygen atoms in total. The number of nitrogens with one attached hydrogen (secondary N) is 2. The maximum Gasteiger partial charge on any atom is 0.405 e. The quantitative estimate of drug-likeness (QED) is 0.738. The minimum Gasteiger partial charge on any atom is -0.472 e. The summed E-state index contributed by atoms with van der Waals surface area (Å²) in [6.45, 7) is 1.09. The van der Waals surface area contributed by atoms with Crippen molar-refractivity contribution in [2.45, 2.75) is 12.2 Å². The first-order valence-electron chi connectivity index (χ1n) is 7.73. The smallest absolute Gasteiger partial charge is 0.405 e. The van der Waals surface area contributed by atoms with Gasteiger partial charge in [-0.2, -0.15) is 13.2 Å². The Morgan fingerprint density at radius 3 is 2.67 bits per heavy atom. The molecule has 3 rings (SSSR count). The van der Waals surface area contributed by atoms with Gasteiger partial charge in [0.1, 0.15) is 23.0 Å². The van der Waals surface area contributed by atoms with E-state index in [0.29, 0.717) is 31.2 Å². The Morgan fingerprint density at radius 2 is 2.07 bits per heavy atom. The molecule has 0 spiro atoms. The van der Waals surface area contributed by atoms with Gasteiger partial charge in [-0.3, -0.25) is 9.69 Å². The summed E-state index contributed by atoms with van der Waals surface area (Å²) in [6, 6.07) is -0.00421. The molecule has 1 saturated heterocycles. The minimum atomic E-state index is -4.41. The van der Waals surface area contributed by atoms with Gasteiger partial charge in [0.2, 0.25) is 0 Å². The summed E-state index contributed by atoms with van der Waals surface area (Å²) in [6.07, 6.45) is -1.43. The molecule has 0 aliphatic carbocycles. The van der Waals surface area contributed by atoms with Gasteiger partial charge in [0.25, 0.3) is 5.91 Å². The molecule has 1 atom stereocenters. The standard InChI is InChI=1S/C15H17F3N4O2S.2ClH/c16-15(17,18)12(22-4-2-19-3-5-22)7-20-13(23)11-9-25-14(21-11)10-1-6-24-8-10;;/h1,6,8-9,12,19H,2-5,7H2,(H,20,23);2*1H. The highest BCUT2D eigenvalue weighted by Crippen LogP contribution is 2.26. The zero-order valence-electron chi connectivity index (χ0n) is 14.0. The second-order valence-corrected chi connectivity index (χ2v) is 6.46. The summed E-state index contributed by atoms with van der Waals surface area (Å²) in [5.74, 6) is -0.615. The van der Waals surface area contributed by atoms with Gasteiger partial charge in [-0.05, 0) is 6.07 Å². The fourth-order valence-electron chi connectivity index (χ4n) is 2.62. The number of halogens is 5. The van der Waals surface area contributed by atoms with Crippen molar-refractivity contribution in [3.05, 3.63) is 29.7 Å². The average molecular weight is 447 g/mol. The molecular formula is C15H19Cl2F3N4O2S.